The third kappa shape index (κ3) is 9.88. The van der Waals surface area contributed by atoms with Gasteiger partial charge in [-0.3, -0.25) is 25.2 Å². The number of carboxylic acids is 2. The topological polar surface area (TPSA) is 184 Å². The maximum Gasteiger partial charge on any atom is 0.323 e. The zero-order valence-electron chi connectivity index (χ0n) is 20.9. The molecule has 0 aromatic heterocycles. The van der Waals surface area contributed by atoms with Crippen LogP contribution >= 0.6 is 0 Å². The van der Waals surface area contributed by atoms with Crippen molar-refractivity contribution in [3.8, 4) is 0 Å². The van der Waals surface area contributed by atoms with Crippen LogP contribution in [-0.2, 0) is 15.4 Å². The molecule has 2 aliphatic heterocycles. The normalized spacial score (nSPS) is 15.1. The van der Waals surface area contributed by atoms with Crippen LogP contribution in [-0.4, -0.2) is 65.3 Å². The van der Waals surface area contributed by atoms with Crippen molar-refractivity contribution < 1.29 is 29.7 Å². The molecule has 1 fully saturated rings. The number of aliphatic hydroxyl groups is 1. The first-order valence-corrected chi connectivity index (χ1v) is 11.9. The number of aliphatic imine (C=N–C) groups is 1. The highest BCUT2D eigenvalue weighted by atomic mass is 16.4. The quantitative estimate of drug-likeness (QED) is 0.285. The number of carbonyl (C=O) groups excluding carboxylic acids is 1. The highest BCUT2D eigenvalue weighted by Gasteiger charge is 2.32. The number of benzene rings is 2. The molecule has 12 heteroatoms. The smallest absolute Gasteiger partial charge is 0.323 e. The van der Waals surface area contributed by atoms with Crippen molar-refractivity contribution in [2.24, 2.45) is 4.99 Å². The molecule has 0 unspecified atom stereocenters. The second-order valence-electron chi connectivity index (χ2n) is 7.96. The monoisotopic (exact) mass is 514 g/mol. The van der Waals surface area contributed by atoms with Crippen LogP contribution in [0.4, 0.5) is 16.2 Å². The number of anilines is 2. The zero-order valence-corrected chi connectivity index (χ0v) is 20.9. The zero-order chi connectivity index (χ0) is 27.3. The number of nitrogens with zero attached hydrogens (tertiary/aromatic N) is 1. The van der Waals surface area contributed by atoms with Crippen LogP contribution in [0.2, 0.25) is 0 Å². The number of rotatable bonds is 6. The Hall–Kier alpha value is -4.00. The molecule has 2 heterocycles. The van der Waals surface area contributed by atoms with Crippen LogP contribution in [0.5, 0.6) is 0 Å². The highest BCUT2D eigenvalue weighted by molar-refractivity contribution is 6.03. The van der Waals surface area contributed by atoms with E-state index in [4.69, 9.17) is 10.2 Å². The van der Waals surface area contributed by atoms with Gasteiger partial charge in [-0.15, -0.1) is 0 Å². The lowest BCUT2D eigenvalue weighted by atomic mass is 10.1. The first-order valence-electron chi connectivity index (χ1n) is 11.9. The molecule has 0 saturated carbocycles. The maximum atomic E-state index is 12.4. The van der Waals surface area contributed by atoms with E-state index in [1.165, 1.54) is 0 Å². The fourth-order valence-electron chi connectivity index (χ4n) is 3.20. The SMILES string of the molecule is CCC(=O)O.CCC(=O)O.O=C(Nc1cccc(C2=NCCN2)c1)Nc1cccc(C2(O)NCCN2)c1. The molecule has 200 valence electrons. The summed E-state index contributed by atoms with van der Waals surface area (Å²) in [6.45, 7) is 6.14. The van der Waals surface area contributed by atoms with Gasteiger partial charge in [0.25, 0.3) is 0 Å². The molecule has 12 nitrogen and oxygen atoms in total. The van der Waals surface area contributed by atoms with E-state index in [1.54, 1.807) is 38.1 Å². The largest absolute Gasteiger partial charge is 0.481 e. The Balaban J connectivity index is 0.000000412. The van der Waals surface area contributed by atoms with Crippen LogP contribution in [0.1, 0.15) is 37.8 Å². The molecule has 4 rings (SSSR count). The van der Waals surface area contributed by atoms with Crippen molar-refractivity contribution in [1.29, 1.82) is 0 Å². The Morgan fingerprint density at radius 3 is 1.95 bits per heavy atom. The lowest BCUT2D eigenvalue weighted by Gasteiger charge is -2.24. The standard InChI is InChI=1S/C19H22N6O2.2C3H6O2/c26-18(24-15-5-1-3-13(11-15)17-20-7-8-21-17)25-16-6-2-4-14(12-16)19(27)22-9-10-23-19;2*1-2-3(4)5/h1-6,11-12,22-23,27H,7-10H2,(H,20,21)(H2,24,25,26);2*2H2,1H3,(H,4,5). The summed E-state index contributed by atoms with van der Waals surface area (Å²) in [7, 11) is 0. The second-order valence-corrected chi connectivity index (χ2v) is 7.96. The summed E-state index contributed by atoms with van der Waals surface area (Å²) in [5.41, 5.74) is 2.85. The number of amides is 2. The van der Waals surface area contributed by atoms with Gasteiger partial charge in [-0.2, -0.15) is 0 Å². The number of amidine groups is 1. The van der Waals surface area contributed by atoms with Crippen molar-refractivity contribution in [1.82, 2.24) is 16.0 Å². The van der Waals surface area contributed by atoms with Crippen molar-refractivity contribution in [2.45, 2.75) is 32.5 Å². The van der Waals surface area contributed by atoms with E-state index >= 15 is 0 Å². The van der Waals surface area contributed by atoms with Crippen LogP contribution in [0.25, 0.3) is 0 Å². The predicted molar refractivity (Wildman–Crippen MR) is 141 cm³/mol. The van der Waals surface area contributed by atoms with Crippen LogP contribution < -0.4 is 26.6 Å². The number of urea groups is 1. The Bertz CT molecular complexity index is 1090. The molecular formula is C25H34N6O6. The number of nitrogens with one attached hydrogen (secondary N) is 5. The first-order chi connectivity index (χ1) is 17.7. The number of hydrogen-bond donors (Lipinski definition) is 8. The van der Waals surface area contributed by atoms with Gasteiger partial charge in [0.2, 0.25) is 0 Å². The number of carbonyl (C=O) groups is 3. The second kappa shape index (κ2) is 14.5. The number of carboxylic acid groups (broad SMARTS) is 2. The molecular weight excluding hydrogens is 480 g/mol. The van der Waals surface area contributed by atoms with Crippen molar-refractivity contribution in [3.63, 3.8) is 0 Å². The summed E-state index contributed by atoms with van der Waals surface area (Å²) < 4.78 is 0. The van der Waals surface area contributed by atoms with Gasteiger partial charge in [0.15, 0.2) is 5.85 Å². The number of aliphatic carboxylic acids is 2. The Labute approximate surface area is 215 Å². The maximum absolute atomic E-state index is 12.4. The molecule has 1 saturated heterocycles. The fourth-order valence-corrected chi connectivity index (χ4v) is 3.20. The summed E-state index contributed by atoms with van der Waals surface area (Å²) in [6, 6.07) is 14.3. The van der Waals surface area contributed by atoms with Gasteiger partial charge in [0, 0.05) is 55.0 Å². The molecule has 37 heavy (non-hydrogen) atoms. The molecule has 8 N–H and O–H groups in total. The molecule has 2 aromatic rings. The molecule has 0 bridgehead atoms. The summed E-state index contributed by atoms with van der Waals surface area (Å²) in [4.78, 5) is 35.5. The highest BCUT2D eigenvalue weighted by Crippen LogP contribution is 2.21. The Kier molecular flexibility index (Phi) is 11.5. The third-order valence-electron chi connectivity index (χ3n) is 5.10. The molecule has 0 aliphatic carbocycles. The summed E-state index contributed by atoms with van der Waals surface area (Å²) in [5, 5.41) is 40.8. The van der Waals surface area contributed by atoms with Gasteiger partial charge in [-0.25, -0.2) is 4.79 Å². The summed E-state index contributed by atoms with van der Waals surface area (Å²) >= 11 is 0. The molecule has 2 aromatic carbocycles. The van der Waals surface area contributed by atoms with Gasteiger partial charge in [0.1, 0.15) is 5.84 Å². The van der Waals surface area contributed by atoms with Gasteiger partial charge in [-0.1, -0.05) is 38.1 Å². The summed E-state index contributed by atoms with van der Waals surface area (Å²) in [5.74, 6) is -1.91. The third-order valence-corrected chi connectivity index (χ3v) is 5.10. The predicted octanol–water partition coefficient (Wildman–Crippen LogP) is 1.94. The number of hydrogen-bond acceptors (Lipinski definition) is 8. The average Bonchev–Trinajstić information content (AvgIpc) is 3.58. The molecule has 2 aliphatic rings. The minimum absolute atomic E-state index is 0.222. The van der Waals surface area contributed by atoms with E-state index < -0.39 is 17.8 Å². The van der Waals surface area contributed by atoms with Gasteiger partial charge >= 0.3 is 18.0 Å². The van der Waals surface area contributed by atoms with E-state index in [0.717, 1.165) is 24.5 Å². The van der Waals surface area contributed by atoms with Gasteiger partial charge in [-0.05, 0) is 24.3 Å². The minimum Gasteiger partial charge on any atom is -0.481 e. The molecule has 2 amide bonds. The van der Waals surface area contributed by atoms with Gasteiger partial charge < -0.3 is 31.3 Å². The van der Waals surface area contributed by atoms with Crippen LogP contribution in [0, 0.1) is 0 Å². The lowest BCUT2D eigenvalue weighted by Crippen LogP contribution is -2.45. The lowest BCUT2D eigenvalue weighted by molar-refractivity contribution is -0.137. The molecule has 0 spiro atoms. The van der Waals surface area contributed by atoms with E-state index in [1.807, 2.05) is 24.3 Å². The Morgan fingerprint density at radius 2 is 1.43 bits per heavy atom. The average molecular weight is 515 g/mol. The first kappa shape index (κ1) is 29.2. The van der Waals surface area contributed by atoms with Crippen LogP contribution in [0.15, 0.2) is 53.5 Å². The van der Waals surface area contributed by atoms with Crippen LogP contribution in [0.3, 0.4) is 0 Å². The van der Waals surface area contributed by atoms with E-state index in [-0.39, 0.29) is 18.9 Å². The minimum atomic E-state index is -1.27. The van der Waals surface area contributed by atoms with E-state index in [9.17, 15) is 19.5 Å². The van der Waals surface area contributed by atoms with E-state index in [0.29, 0.717) is 30.0 Å². The summed E-state index contributed by atoms with van der Waals surface area (Å²) in [6.07, 6.45) is 0.444. The van der Waals surface area contributed by atoms with Crippen molar-refractivity contribution in [2.75, 3.05) is 36.8 Å². The van der Waals surface area contributed by atoms with E-state index in [2.05, 4.69) is 31.6 Å². The van der Waals surface area contributed by atoms with Crippen molar-refractivity contribution >= 4 is 35.2 Å². The Morgan fingerprint density at radius 1 is 0.892 bits per heavy atom. The fraction of sp³-hybridized carbons (Fsp3) is 0.360. The molecule has 0 atom stereocenters. The van der Waals surface area contributed by atoms with Crippen molar-refractivity contribution in [3.05, 3.63) is 59.7 Å². The van der Waals surface area contributed by atoms with Gasteiger partial charge in [0.05, 0.1) is 6.54 Å². The molecule has 0 radical (unpaired) electrons.